The molecule has 0 radical (unpaired) electrons. The molecule has 0 aliphatic carbocycles. The lowest BCUT2D eigenvalue weighted by Gasteiger charge is -2.31. The molecular formula is C14H19ClN2O3. The van der Waals surface area contributed by atoms with Gasteiger partial charge in [0.05, 0.1) is 12.7 Å². The molecule has 1 aliphatic rings. The van der Waals surface area contributed by atoms with E-state index >= 15 is 0 Å². The van der Waals surface area contributed by atoms with E-state index in [1.807, 2.05) is 6.92 Å². The Morgan fingerprint density at radius 3 is 2.35 bits per heavy atom. The fourth-order valence-electron chi connectivity index (χ4n) is 1.94. The molecule has 6 heteroatoms. The summed E-state index contributed by atoms with van der Waals surface area (Å²) in [7, 11) is 1.34. The normalized spacial score (nSPS) is 15.5. The Balaban J connectivity index is 0.00000200. The molecular weight excluding hydrogens is 280 g/mol. The number of amides is 1. The first-order chi connectivity index (χ1) is 9.11. The Labute approximate surface area is 124 Å². The molecule has 0 bridgehead atoms. The van der Waals surface area contributed by atoms with Crippen molar-refractivity contribution in [1.82, 2.24) is 5.32 Å². The van der Waals surface area contributed by atoms with Crippen LogP contribution in [0.1, 0.15) is 17.3 Å². The quantitative estimate of drug-likeness (QED) is 0.830. The predicted molar refractivity (Wildman–Crippen MR) is 79.2 cm³/mol. The Bertz CT molecular complexity index is 472. The molecule has 1 aromatic rings. The molecule has 1 unspecified atom stereocenters. The number of nitrogens with one attached hydrogen (secondary N) is 2. The number of halogens is 1. The van der Waals surface area contributed by atoms with E-state index in [-0.39, 0.29) is 30.2 Å². The van der Waals surface area contributed by atoms with Crippen LogP contribution in [-0.2, 0) is 9.53 Å². The van der Waals surface area contributed by atoms with Crippen molar-refractivity contribution in [1.29, 1.82) is 0 Å². The maximum Gasteiger partial charge on any atom is 0.337 e. The van der Waals surface area contributed by atoms with Crippen LogP contribution in [-0.4, -0.2) is 32.1 Å². The highest BCUT2D eigenvalue weighted by atomic mass is 35.5. The van der Waals surface area contributed by atoms with E-state index in [9.17, 15) is 9.59 Å². The second kappa shape index (κ2) is 7.26. The van der Waals surface area contributed by atoms with Gasteiger partial charge in [-0.1, -0.05) is 6.92 Å². The first kappa shape index (κ1) is 16.5. The molecule has 2 N–H and O–H groups in total. The van der Waals surface area contributed by atoms with Crippen molar-refractivity contribution < 1.29 is 14.3 Å². The highest BCUT2D eigenvalue weighted by Crippen LogP contribution is 2.18. The van der Waals surface area contributed by atoms with E-state index in [4.69, 9.17) is 0 Å². The van der Waals surface area contributed by atoms with Gasteiger partial charge in [0.25, 0.3) is 0 Å². The van der Waals surface area contributed by atoms with Gasteiger partial charge in [0.15, 0.2) is 0 Å². The van der Waals surface area contributed by atoms with E-state index in [2.05, 4.69) is 15.4 Å². The minimum Gasteiger partial charge on any atom is -0.465 e. The number of carbonyl (C=O) groups excluding carboxylic acids is 2. The summed E-state index contributed by atoms with van der Waals surface area (Å²) in [6.45, 7) is 3.73. The third-order valence-electron chi connectivity index (χ3n) is 3.51. The Kier molecular flexibility index (Phi) is 5.98. The second-order valence-electron chi connectivity index (χ2n) is 4.77. The number of hydrogen-bond donors (Lipinski definition) is 2. The van der Waals surface area contributed by atoms with Crippen molar-refractivity contribution in [3.8, 4) is 0 Å². The molecule has 0 aromatic heterocycles. The van der Waals surface area contributed by atoms with Gasteiger partial charge in [0.2, 0.25) is 5.91 Å². The van der Waals surface area contributed by atoms with Gasteiger partial charge in [-0.3, -0.25) is 4.79 Å². The maximum absolute atomic E-state index is 12.0. The van der Waals surface area contributed by atoms with Crippen LogP contribution in [0.5, 0.6) is 0 Å². The summed E-state index contributed by atoms with van der Waals surface area (Å²) in [5, 5.41) is 6.01. The first-order valence-electron chi connectivity index (χ1n) is 6.31. The van der Waals surface area contributed by atoms with Crippen LogP contribution < -0.4 is 10.6 Å². The summed E-state index contributed by atoms with van der Waals surface area (Å²) in [6.07, 6.45) is 0. The molecule has 0 spiro atoms. The van der Waals surface area contributed by atoms with Gasteiger partial charge in [0.1, 0.15) is 0 Å². The number of rotatable bonds is 4. The van der Waals surface area contributed by atoms with Crippen molar-refractivity contribution in [3.63, 3.8) is 0 Å². The number of benzene rings is 1. The monoisotopic (exact) mass is 298 g/mol. The zero-order chi connectivity index (χ0) is 13.8. The third kappa shape index (κ3) is 3.71. The SMILES string of the molecule is COC(=O)c1ccc(NC(=O)C(C)C2CNC2)cc1.Cl. The largest absolute Gasteiger partial charge is 0.465 e. The van der Waals surface area contributed by atoms with Crippen LogP contribution in [0.4, 0.5) is 5.69 Å². The second-order valence-corrected chi connectivity index (χ2v) is 4.77. The highest BCUT2D eigenvalue weighted by Gasteiger charge is 2.28. The Morgan fingerprint density at radius 1 is 1.30 bits per heavy atom. The van der Waals surface area contributed by atoms with Gasteiger partial charge < -0.3 is 15.4 Å². The topological polar surface area (TPSA) is 67.4 Å². The molecule has 1 atom stereocenters. The smallest absolute Gasteiger partial charge is 0.337 e. The lowest BCUT2D eigenvalue weighted by Crippen LogP contribution is -2.48. The minimum absolute atomic E-state index is 0. The lowest BCUT2D eigenvalue weighted by molar-refractivity contribution is -0.121. The summed E-state index contributed by atoms with van der Waals surface area (Å²) < 4.78 is 4.62. The van der Waals surface area contributed by atoms with Crippen molar-refractivity contribution in [3.05, 3.63) is 29.8 Å². The number of methoxy groups -OCH3 is 1. The number of hydrogen-bond acceptors (Lipinski definition) is 4. The summed E-state index contributed by atoms with van der Waals surface area (Å²) in [5.41, 5.74) is 1.16. The molecule has 2 rings (SSSR count). The third-order valence-corrected chi connectivity index (χ3v) is 3.51. The minimum atomic E-state index is -0.383. The van der Waals surface area contributed by atoms with Crippen LogP contribution in [0, 0.1) is 11.8 Å². The zero-order valence-electron chi connectivity index (χ0n) is 11.5. The van der Waals surface area contributed by atoms with E-state index in [0.717, 1.165) is 13.1 Å². The molecule has 1 heterocycles. The van der Waals surface area contributed by atoms with Crippen LogP contribution >= 0.6 is 12.4 Å². The van der Waals surface area contributed by atoms with E-state index in [1.54, 1.807) is 24.3 Å². The van der Waals surface area contributed by atoms with Gasteiger partial charge in [-0.15, -0.1) is 12.4 Å². The van der Waals surface area contributed by atoms with Gasteiger partial charge in [-0.2, -0.15) is 0 Å². The lowest BCUT2D eigenvalue weighted by atomic mass is 9.88. The Morgan fingerprint density at radius 2 is 1.90 bits per heavy atom. The molecule has 1 saturated heterocycles. The van der Waals surface area contributed by atoms with Crippen molar-refractivity contribution in [2.24, 2.45) is 11.8 Å². The molecule has 5 nitrogen and oxygen atoms in total. The van der Waals surface area contributed by atoms with E-state index < -0.39 is 0 Å². The number of esters is 1. The van der Waals surface area contributed by atoms with E-state index in [1.165, 1.54) is 7.11 Å². The molecule has 1 fully saturated rings. The zero-order valence-corrected chi connectivity index (χ0v) is 12.3. The fraction of sp³-hybridized carbons (Fsp3) is 0.429. The first-order valence-corrected chi connectivity index (χ1v) is 6.31. The van der Waals surface area contributed by atoms with Crippen LogP contribution in [0.3, 0.4) is 0 Å². The molecule has 20 heavy (non-hydrogen) atoms. The van der Waals surface area contributed by atoms with Gasteiger partial charge in [0, 0.05) is 11.6 Å². The summed E-state index contributed by atoms with van der Waals surface area (Å²) >= 11 is 0. The van der Waals surface area contributed by atoms with Gasteiger partial charge in [-0.05, 0) is 43.3 Å². The molecule has 110 valence electrons. The fourth-order valence-corrected chi connectivity index (χ4v) is 1.94. The van der Waals surface area contributed by atoms with Gasteiger partial charge in [-0.25, -0.2) is 4.79 Å². The summed E-state index contributed by atoms with van der Waals surface area (Å²) in [5.74, 6) is 0.0278. The van der Waals surface area contributed by atoms with Gasteiger partial charge >= 0.3 is 5.97 Å². The number of ether oxygens (including phenoxy) is 1. The van der Waals surface area contributed by atoms with Crippen molar-refractivity contribution >= 4 is 30.0 Å². The van der Waals surface area contributed by atoms with Crippen LogP contribution in [0.15, 0.2) is 24.3 Å². The number of carbonyl (C=O) groups is 2. The summed E-state index contributed by atoms with van der Waals surface area (Å²) in [6, 6.07) is 6.68. The summed E-state index contributed by atoms with van der Waals surface area (Å²) in [4.78, 5) is 23.3. The predicted octanol–water partition coefficient (Wildman–Crippen LogP) is 1.69. The van der Waals surface area contributed by atoms with Crippen molar-refractivity contribution in [2.45, 2.75) is 6.92 Å². The van der Waals surface area contributed by atoms with E-state index in [0.29, 0.717) is 17.2 Å². The average Bonchev–Trinajstić information content (AvgIpc) is 2.36. The van der Waals surface area contributed by atoms with Crippen molar-refractivity contribution in [2.75, 3.05) is 25.5 Å². The maximum atomic E-state index is 12.0. The molecule has 1 aromatic carbocycles. The molecule has 1 aliphatic heterocycles. The highest BCUT2D eigenvalue weighted by molar-refractivity contribution is 5.94. The Hall–Kier alpha value is -1.59. The van der Waals surface area contributed by atoms with Crippen LogP contribution in [0.25, 0.3) is 0 Å². The molecule has 1 amide bonds. The average molecular weight is 299 g/mol. The standard InChI is InChI=1S/C14H18N2O3.ClH/c1-9(11-7-15-8-11)13(17)16-12-5-3-10(4-6-12)14(18)19-2;/h3-6,9,11,15H,7-8H2,1-2H3,(H,16,17);1H. The van der Waals surface area contributed by atoms with Crippen LogP contribution in [0.2, 0.25) is 0 Å². The molecule has 0 saturated carbocycles. The number of anilines is 1.